The molecule has 0 spiro atoms. The second-order valence-electron chi connectivity index (χ2n) is 6.07. The van der Waals surface area contributed by atoms with Crippen molar-refractivity contribution in [2.45, 2.75) is 58.1 Å². The Morgan fingerprint density at radius 1 is 1.35 bits per heavy atom. The molecule has 0 aromatic heterocycles. The molecule has 2 fully saturated rings. The van der Waals surface area contributed by atoms with Crippen LogP contribution in [0.15, 0.2) is 0 Å². The van der Waals surface area contributed by atoms with Gasteiger partial charge in [-0.25, -0.2) is 4.79 Å². The molecule has 17 heavy (non-hydrogen) atoms. The largest absolute Gasteiger partial charge is 0.444 e. The van der Waals surface area contributed by atoms with Gasteiger partial charge in [0.1, 0.15) is 11.4 Å². The quantitative estimate of drug-likeness (QED) is 0.652. The van der Waals surface area contributed by atoms with E-state index in [0.717, 1.165) is 19.4 Å². The van der Waals surface area contributed by atoms with Crippen molar-refractivity contribution in [1.82, 2.24) is 4.90 Å². The van der Waals surface area contributed by atoms with Crippen molar-refractivity contribution >= 4 is 11.9 Å². The number of Topliss-reactive ketones (excluding diaryl/α,β-unsaturated/α-hetero) is 1. The van der Waals surface area contributed by atoms with Crippen LogP contribution in [0.5, 0.6) is 0 Å². The van der Waals surface area contributed by atoms with Gasteiger partial charge in [-0.1, -0.05) is 0 Å². The molecule has 0 aromatic carbocycles. The van der Waals surface area contributed by atoms with Crippen LogP contribution in [0, 0.1) is 5.92 Å². The molecule has 0 aromatic rings. The number of hydrogen-bond donors (Lipinski definition) is 0. The number of nitrogens with zero attached hydrogens (tertiary/aromatic N) is 1. The first-order valence-corrected chi connectivity index (χ1v) is 6.38. The highest BCUT2D eigenvalue weighted by Gasteiger charge is 2.41. The highest BCUT2D eigenvalue weighted by Crippen LogP contribution is 2.35. The summed E-state index contributed by atoms with van der Waals surface area (Å²) in [6.45, 7) is 6.37. The average Bonchev–Trinajstić information content (AvgIpc) is 2.57. The molecule has 4 heteroatoms. The van der Waals surface area contributed by atoms with Crippen LogP contribution in [0.4, 0.5) is 4.79 Å². The Balaban J connectivity index is 1.99. The van der Waals surface area contributed by atoms with Crippen molar-refractivity contribution < 1.29 is 14.3 Å². The molecule has 0 bridgehead atoms. The van der Waals surface area contributed by atoms with Crippen molar-refractivity contribution in [2.24, 2.45) is 5.92 Å². The number of rotatable bonds is 0. The number of hydrogen-bond acceptors (Lipinski definition) is 3. The third-order valence-corrected chi connectivity index (χ3v) is 3.52. The fourth-order valence-corrected chi connectivity index (χ4v) is 2.80. The second kappa shape index (κ2) is 4.31. The zero-order chi connectivity index (χ0) is 12.6. The standard InChI is InChI=1S/C13H21NO3/c1-13(2,3)17-12(16)14-7-6-9-8-10(15)4-5-11(9)14/h9,11H,4-8H2,1-3H3/t9-,11+/m1/s1. The summed E-state index contributed by atoms with van der Waals surface area (Å²) in [6, 6.07) is 0.225. The van der Waals surface area contributed by atoms with E-state index in [4.69, 9.17) is 4.74 Å². The Morgan fingerprint density at radius 2 is 2.06 bits per heavy atom. The number of carbonyl (C=O) groups is 2. The highest BCUT2D eigenvalue weighted by molar-refractivity contribution is 5.80. The van der Waals surface area contributed by atoms with Crippen LogP contribution in [0.25, 0.3) is 0 Å². The predicted octanol–water partition coefficient (Wildman–Crippen LogP) is 2.37. The van der Waals surface area contributed by atoms with Gasteiger partial charge in [0.15, 0.2) is 0 Å². The zero-order valence-corrected chi connectivity index (χ0v) is 10.9. The van der Waals surface area contributed by atoms with Gasteiger partial charge in [0, 0.05) is 25.4 Å². The molecule has 1 amide bonds. The van der Waals surface area contributed by atoms with Gasteiger partial charge in [-0.2, -0.15) is 0 Å². The topological polar surface area (TPSA) is 46.6 Å². The van der Waals surface area contributed by atoms with E-state index in [9.17, 15) is 9.59 Å². The molecule has 4 nitrogen and oxygen atoms in total. The number of fused-ring (bicyclic) bond motifs is 1. The first kappa shape index (κ1) is 12.4. The SMILES string of the molecule is CC(C)(C)OC(=O)N1CC[C@@H]2CC(=O)CC[C@@H]21. The molecule has 0 radical (unpaired) electrons. The normalized spacial score (nSPS) is 29.1. The minimum atomic E-state index is -0.445. The van der Waals surface area contributed by atoms with E-state index in [-0.39, 0.29) is 12.1 Å². The Morgan fingerprint density at radius 3 is 2.71 bits per heavy atom. The lowest BCUT2D eigenvalue weighted by molar-refractivity contribution is -0.122. The van der Waals surface area contributed by atoms with E-state index < -0.39 is 5.60 Å². The van der Waals surface area contributed by atoms with E-state index in [1.165, 1.54) is 0 Å². The summed E-state index contributed by atoms with van der Waals surface area (Å²) >= 11 is 0. The van der Waals surface area contributed by atoms with Crippen molar-refractivity contribution in [3.63, 3.8) is 0 Å². The molecular formula is C13H21NO3. The summed E-state index contributed by atoms with van der Waals surface area (Å²) < 4.78 is 5.40. The lowest BCUT2D eigenvalue weighted by atomic mass is 9.84. The fourth-order valence-electron chi connectivity index (χ4n) is 2.80. The molecule has 2 rings (SSSR count). The molecule has 1 aliphatic carbocycles. The number of carbonyl (C=O) groups excluding carboxylic acids is 2. The number of likely N-dealkylation sites (tertiary alicyclic amines) is 1. The summed E-state index contributed by atoms with van der Waals surface area (Å²) in [5, 5.41) is 0. The molecule has 2 aliphatic rings. The Bertz CT molecular complexity index is 332. The summed E-state index contributed by atoms with van der Waals surface area (Å²) in [4.78, 5) is 25.2. The van der Waals surface area contributed by atoms with Gasteiger partial charge in [0.25, 0.3) is 0 Å². The molecule has 0 unspecified atom stereocenters. The van der Waals surface area contributed by atoms with Gasteiger partial charge in [-0.3, -0.25) is 4.79 Å². The van der Waals surface area contributed by atoms with Crippen molar-refractivity contribution in [3.8, 4) is 0 Å². The van der Waals surface area contributed by atoms with Crippen LogP contribution in [0.3, 0.4) is 0 Å². The fraction of sp³-hybridized carbons (Fsp3) is 0.846. The Hall–Kier alpha value is -1.06. The summed E-state index contributed by atoms with van der Waals surface area (Å²) in [5.41, 5.74) is -0.445. The van der Waals surface area contributed by atoms with Gasteiger partial charge in [-0.05, 0) is 39.5 Å². The van der Waals surface area contributed by atoms with Gasteiger partial charge in [0.05, 0.1) is 0 Å². The predicted molar refractivity (Wildman–Crippen MR) is 63.7 cm³/mol. The first-order valence-electron chi connectivity index (χ1n) is 6.38. The van der Waals surface area contributed by atoms with E-state index in [1.807, 2.05) is 25.7 Å². The Kier molecular flexibility index (Phi) is 3.15. The van der Waals surface area contributed by atoms with Crippen molar-refractivity contribution in [2.75, 3.05) is 6.54 Å². The van der Waals surface area contributed by atoms with Crippen LogP contribution in [-0.2, 0) is 9.53 Å². The lowest BCUT2D eigenvalue weighted by Gasteiger charge is -2.32. The first-order chi connectivity index (χ1) is 7.87. The summed E-state index contributed by atoms with van der Waals surface area (Å²) in [6.07, 6.45) is 2.78. The van der Waals surface area contributed by atoms with Crippen LogP contribution in [0.2, 0.25) is 0 Å². The summed E-state index contributed by atoms with van der Waals surface area (Å²) in [5.74, 6) is 0.709. The average molecular weight is 239 g/mol. The molecule has 1 aliphatic heterocycles. The monoisotopic (exact) mass is 239 g/mol. The molecule has 1 heterocycles. The molecule has 0 N–H and O–H groups in total. The van der Waals surface area contributed by atoms with Crippen LogP contribution >= 0.6 is 0 Å². The molecule has 96 valence electrons. The minimum Gasteiger partial charge on any atom is -0.444 e. The Labute approximate surface area is 102 Å². The third kappa shape index (κ3) is 2.79. The smallest absolute Gasteiger partial charge is 0.410 e. The van der Waals surface area contributed by atoms with Crippen LogP contribution < -0.4 is 0 Å². The molecule has 1 saturated heterocycles. The highest BCUT2D eigenvalue weighted by atomic mass is 16.6. The lowest BCUT2D eigenvalue weighted by Crippen LogP contribution is -2.43. The van der Waals surface area contributed by atoms with Gasteiger partial charge in [0.2, 0.25) is 0 Å². The van der Waals surface area contributed by atoms with E-state index >= 15 is 0 Å². The molecule has 1 saturated carbocycles. The van der Waals surface area contributed by atoms with E-state index in [0.29, 0.717) is 24.5 Å². The molecular weight excluding hydrogens is 218 g/mol. The van der Waals surface area contributed by atoms with Crippen LogP contribution in [0.1, 0.15) is 46.5 Å². The van der Waals surface area contributed by atoms with Gasteiger partial charge >= 0.3 is 6.09 Å². The number of ketones is 1. The third-order valence-electron chi connectivity index (χ3n) is 3.52. The van der Waals surface area contributed by atoms with Gasteiger partial charge < -0.3 is 9.64 Å². The van der Waals surface area contributed by atoms with E-state index in [2.05, 4.69) is 0 Å². The maximum atomic E-state index is 12.0. The van der Waals surface area contributed by atoms with E-state index in [1.54, 1.807) is 0 Å². The van der Waals surface area contributed by atoms with Crippen molar-refractivity contribution in [1.29, 1.82) is 0 Å². The van der Waals surface area contributed by atoms with Crippen molar-refractivity contribution in [3.05, 3.63) is 0 Å². The van der Waals surface area contributed by atoms with Gasteiger partial charge in [-0.15, -0.1) is 0 Å². The second-order valence-corrected chi connectivity index (χ2v) is 6.07. The number of amides is 1. The van der Waals surface area contributed by atoms with Crippen LogP contribution in [-0.4, -0.2) is 35.0 Å². The molecule has 2 atom stereocenters. The maximum absolute atomic E-state index is 12.0. The minimum absolute atomic E-state index is 0.223. The maximum Gasteiger partial charge on any atom is 0.410 e. The zero-order valence-electron chi connectivity index (χ0n) is 10.9. The number of ether oxygens (including phenoxy) is 1. The summed E-state index contributed by atoms with van der Waals surface area (Å²) in [7, 11) is 0.